The molecule has 0 spiro atoms. The predicted octanol–water partition coefficient (Wildman–Crippen LogP) is 3.13. The molecule has 0 aliphatic heterocycles. The molecule has 0 aromatic carbocycles. The van der Waals surface area contributed by atoms with Gasteiger partial charge in [0, 0.05) is 36.9 Å². The Kier molecular flexibility index (Phi) is 8.68. The molecule has 0 amide bonds. The third-order valence-corrected chi connectivity index (χ3v) is 4.77. The first-order valence-electron chi connectivity index (χ1n) is 7.79. The van der Waals surface area contributed by atoms with Crippen molar-refractivity contribution >= 4 is 41.3 Å². The van der Waals surface area contributed by atoms with E-state index in [9.17, 15) is 0 Å². The van der Waals surface area contributed by atoms with Crippen molar-refractivity contribution in [3.05, 3.63) is 34.1 Å². The zero-order valence-corrected chi connectivity index (χ0v) is 17.8. The number of hydrogen-bond acceptors (Lipinski definition) is 5. The number of nitrogens with one attached hydrogen (secondary N) is 2. The van der Waals surface area contributed by atoms with Gasteiger partial charge < -0.3 is 15.2 Å². The summed E-state index contributed by atoms with van der Waals surface area (Å²) in [5.41, 5.74) is 0.0765. The van der Waals surface area contributed by atoms with Crippen molar-refractivity contribution in [3.63, 3.8) is 0 Å². The van der Waals surface area contributed by atoms with Crippen LogP contribution in [0.2, 0.25) is 0 Å². The monoisotopic (exact) mass is 463 g/mol. The van der Waals surface area contributed by atoms with Gasteiger partial charge in [0.1, 0.15) is 0 Å². The first kappa shape index (κ1) is 20.9. The third-order valence-electron chi connectivity index (χ3n) is 3.54. The number of nitrogens with zero attached hydrogens (tertiary/aromatic N) is 3. The van der Waals surface area contributed by atoms with Crippen molar-refractivity contribution in [2.24, 2.45) is 4.99 Å². The SMILES string of the molecule is CN=C(NCCCc1nc(C)no1)NCC(C)(C)c1cccs1.I. The van der Waals surface area contributed by atoms with E-state index in [0.29, 0.717) is 11.7 Å². The Balaban J connectivity index is 0.00000288. The molecule has 0 aliphatic rings. The standard InChI is InChI=1S/C16H25N5OS.HI/c1-12-20-14(22-21-12)8-5-9-18-15(17-4)19-11-16(2,3)13-7-6-10-23-13;/h6-7,10H,5,8-9,11H2,1-4H3,(H2,17,18,19);1H. The van der Waals surface area contributed by atoms with Gasteiger partial charge >= 0.3 is 0 Å². The molecule has 24 heavy (non-hydrogen) atoms. The Hall–Kier alpha value is -1.16. The van der Waals surface area contributed by atoms with Crippen molar-refractivity contribution in [2.75, 3.05) is 20.1 Å². The molecule has 0 bridgehead atoms. The van der Waals surface area contributed by atoms with E-state index in [0.717, 1.165) is 31.9 Å². The number of rotatable bonds is 7. The molecule has 2 N–H and O–H groups in total. The van der Waals surface area contributed by atoms with Crippen molar-refractivity contribution in [2.45, 2.75) is 39.0 Å². The molecule has 0 atom stereocenters. The minimum atomic E-state index is 0. The lowest BCUT2D eigenvalue weighted by Gasteiger charge is -2.25. The molecule has 0 saturated carbocycles. The van der Waals surface area contributed by atoms with Crippen LogP contribution in [0.1, 0.15) is 36.9 Å². The summed E-state index contributed by atoms with van der Waals surface area (Å²) < 4.78 is 5.10. The quantitative estimate of drug-likeness (QED) is 0.286. The lowest BCUT2D eigenvalue weighted by atomic mass is 9.91. The normalized spacial score (nSPS) is 11.9. The number of aryl methyl sites for hydroxylation is 2. The first-order chi connectivity index (χ1) is 11.0. The Morgan fingerprint density at radius 1 is 1.38 bits per heavy atom. The molecule has 0 aliphatic carbocycles. The van der Waals surface area contributed by atoms with Crippen molar-refractivity contribution in [3.8, 4) is 0 Å². The second-order valence-corrected chi connectivity index (χ2v) is 7.00. The Labute approximate surface area is 164 Å². The van der Waals surface area contributed by atoms with Crippen LogP contribution in [0.25, 0.3) is 0 Å². The van der Waals surface area contributed by atoms with Crippen molar-refractivity contribution < 1.29 is 4.52 Å². The molecule has 0 radical (unpaired) electrons. The molecule has 2 heterocycles. The molecule has 2 aromatic rings. The van der Waals surface area contributed by atoms with Crippen molar-refractivity contribution in [1.29, 1.82) is 0 Å². The van der Waals surface area contributed by atoms with Crippen LogP contribution in [0, 0.1) is 6.92 Å². The fraction of sp³-hybridized carbons (Fsp3) is 0.562. The number of aromatic nitrogens is 2. The summed E-state index contributed by atoms with van der Waals surface area (Å²) in [4.78, 5) is 9.83. The maximum atomic E-state index is 5.10. The van der Waals surface area contributed by atoms with Gasteiger partial charge in [-0.1, -0.05) is 25.1 Å². The minimum absolute atomic E-state index is 0. The highest BCUT2D eigenvalue weighted by Gasteiger charge is 2.21. The Morgan fingerprint density at radius 2 is 2.17 bits per heavy atom. The smallest absolute Gasteiger partial charge is 0.226 e. The fourth-order valence-electron chi connectivity index (χ4n) is 2.16. The van der Waals surface area contributed by atoms with E-state index in [4.69, 9.17) is 4.52 Å². The molecule has 0 unspecified atom stereocenters. The average Bonchev–Trinajstić information content (AvgIpc) is 3.18. The number of thiophene rings is 1. The van der Waals surface area contributed by atoms with Gasteiger partial charge in [-0.15, -0.1) is 35.3 Å². The van der Waals surface area contributed by atoms with Crippen LogP contribution >= 0.6 is 35.3 Å². The van der Waals surface area contributed by atoms with Gasteiger partial charge in [0.05, 0.1) is 0 Å². The molecule has 6 nitrogen and oxygen atoms in total. The zero-order chi connectivity index (χ0) is 16.7. The van der Waals surface area contributed by atoms with Crippen LogP contribution in [-0.2, 0) is 11.8 Å². The second kappa shape index (κ2) is 9.97. The van der Waals surface area contributed by atoms with E-state index in [1.165, 1.54) is 4.88 Å². The number of hydrogen-bond donors (Lipinski definition) is 2. The van der Waals surface area contributed by atoms with Gasteiger partial charge in [0.2, 0.25) is 5.89 Å². The largest absolute Gasteiger partial charge is 0.356 e. The topological polar surface area (TPSA) is 75.3 Å². The maximum absolute atomic E-state index is 5.10. The van der Waals surface area contributed by atoms with Crippen molar-refractivity contribution in [1.82, 2.24) is 20.8 Å². The molecular weight excluding hydrogens is 437 g/mol. The summed E-state index contributed by atoms with van der Waals surface area (Å²) in [5, 5.41) is 12.6. The summed E-state index contributed by atoms with van der Waals surface area (Å²) in [6, 6.07) is 4.27. The molecule has 134 valence electrons. The van der Waals surface area contributed by atoms with Gasteiger partial charge in [-0.05, 0) is 24.8 Å². The van der Waals surface area contributed by atoms with Gasteiger partial charge in [-0.3, -0.25) is 4.99 Å². The molecule has 0 fully saturated rings. The molecule has 2 aromatic heterocycles. The zero-order valence-electron chi connectivity index (χ0n) is 14.6. The van der Waals surface area contributed by atoms with Gasteiger partial charge in [-0.25, -0.2) is 0 Å². The molecule has 8 heteroatoms. The predicted molar refractivity (Wildman–Crippen MR) is 109 cm³/mol. The van der Waals surface area contributed by atoms with Gasteiger partial charge in [0.25, 0.3) is 0 Å². The summed E-state index contributed by atoms with van der Waals surface area (Å²) in [7, 11) is 1.79. The second-order valence-electron chi connectivity index (χ2n) is 6.05. The van der Waals surface area contributed by atoms with E-state index in [-0.39, 0.29) is 29.4 Å². The summed E-state index contributed by atoms with van der Waals surface area (Å²) in [6.07, 6.45) is 1.68. The number of guanidine groups is 1. The lowest BCUT2D eigenvalue weighted by Crippen LogP contribution is -2.43. The van der Waals surface area contributed by atoms with E-state index in [1.54, 1.807) is 18.4 Å². The summed E-state index contributed by atoms with van der Waals surface area (Å²) in [6.45, 7) is 7.93. The summed E-state index contributed by atoms with van der Waals surface area (Å²) >= 11 is 1.79. The van der Waals surface area contributed by atoms with Gasteiger partial charge in [-0.2, -0.15) is 4.98 Å². The van der Waals surface area contributed by atoms with Crippen LogP contribution in [0.4, 0.5) is 0 Å². The highest BCUT2D eigenvalue weighted by Crippen LogP contribution is 2.26. The molecule has 0 saturated heterocycles. The Morgan fingerprint density at radius 3 is 2.75 bits per heavy atom. The van der Waals surface area contributed by atoms with Crippen LogP contribution in [0.15, 0.2) is 27.0 Å². The highest BCUT2D eigenvalue weighted by molar-refractivity contribution is 14.0. The lowest BCUT2D eigenvalue weighted by molar-refractivity contribution is 0.372. The van der Waals surface area contributed by atoms with Crippen LogP contribution in [0.3, 0.4) is 0 Å². The minimum Gasteiger partial charge on any atom is -0.356 e. The Bertz CT molecular complexity index is 624. The van der Waals surface area contributed by atoms with Crippen LogP contribution < -0.4 is 10.6 Å². The maximum Gasteiger partial charge on any atom is 0.226 e. The average molecular weight is 463 g/mol. The van der Waals surface area contributed by atoms with Crippen LogP contribution in [-0.4, -0.2) is 36.2 Å². The van der Waals surface area contributed by atoms with E-state index in [1.807, 2.05) is 6.92 Å². The van der Waals surface area contributed by atoms with Crippen LogP contribution in [0.5, 0.6) is 0 Å². The van der Waals surface area contributed by atoms with E-state index < -0.39 is 0 Å². The van der Waals surface area contributed by atoms with E-state index >= 15 is 0 Å². The summed E-state index contributed by atoms with van der Waals surface area (Å²) in [5.74, 6) is 2.18. The molecule has 2 rings (SSSR count). The fourth-order valence-corrected chi connectivity index (χ4v) is 3.02. The highest BCUT2D eigenvalue weighted by atomic mass is 127. The molecular formula is C16H26IN5OS. The van der Waals surface area contributed by atoms with E-state index in [2.05, 4.69) is 57.1 Å². The number of aliphatic imine (C=N–C) groups is 1. The first-order valence-corrected chi connectivity index (χ1v) is 8.67. The number of halogens is 1. The third kappa shape index (κ3) is 6.39. The van der Waals surface area contributed by atoms with Gasteiger partial charge in [0.15, 0.2) is 11.8 Å².